The van der Waals surface area contributed by atoms with Crippen molar-refractivity contribution in [3.8, 4) is 23.1 Å². The molecular weight excluding hydrogens is 709 g/mol. The van der Waals surface area contributed by atoms with Crippen molar-refractivity contribution in [2.75, 3.05) is 0 Å². The summed E-state index contributed by atoms with van der Waals surface area (Å²) in [6, 6.07) is 62.6. The average molecular weight is 739 g/mol. The maximum Gasteiger partial charge on any atom is 0.207 e. The Morgan fingerprint density at radius 2 is 0.768 bits per heavy atom. The molecule has 0 aliphatic carbocycles. The number of sulfone groups is 1. The van der Waals surface area contributed by atoms with E-state index in [4.69, 9.17) is 0 Å². The summed E-state index contributed by atoms with van der Waals surface area (Å²) in [4.78, 5) is 0.127. The molecule has 0 aliphatic rings. The van der Waals surface area contributed by atoms with Crippen molar-refractivity contribution >= 4 is 75.3 Å². The molecule has 3 heterocycles. The van der Waals surface area contributed by atoms with E-state index < -0.39 is 9.84 Å². The third-order valence-electron chi connectivity index (χ3n) is 11.1. The number of rotatable bonds is 5. The number of fused-ring (bicyclic) bond motifs is 9. The van der Waals surface area contributed by atoms with E-state index in [2.05, 4.69) is 135 Å². The van der Waals surface area contributed by atoms with Crippen molar-refractivity contribution in [1.29, 1.82) is 5.26 Å². The molecule has 0 N–H and O–H groups in total. The molecule has 8 aromatic carbocycles. The van der Waals surface area contributed by atoms with E-state index in [-0.39, 0.29) is 15.4 Å². The molecule has 6 nitrogen and oxygen atoms in total. The Hall–Kier alpha value is -7.40. The van der Waals surface area contributed by atoms with Crippen molar-refractivity contribution in [2.24, 2.45) is 0 Å². The van der Waals surface area contributed by atoms with E-state index in [1.807, 2.05) is 30.3 Å². The summed E-state index contributed by atoms with van der Waals surface area (Å²) in [5.41, 5.74) is 9.48. The quantitative estimate of drug-likeness (QED) is 0.176. The lowest BCUT2D eigenvalue weighted by Gasteiger charge is -2.12. The van der Waals surface area contributed by atoms with Gasteiger partial charge in [-0.25, -0.2) is 8.42 Å². The highest BCUT2D eigenvalue weighted by molar-refractivity contribution is 7.91. The number of hydrogen-bond acceptors (Lipinski definition) is 3. The zero-order chi connectivity index (χ0) is 37.5. The van der Waals surface area contributed by atoms with Gasteiger partial charge in [-0.2, -0.15) is 5.26 Å². The lowest BCUT2D eigenvalue weighted by atomic mass is 10.1. The summed E-state index contributed by atoms with van der Waals surface area (Å²) in [5.74, 6) is 0. The molecule has 0 aliphatic heterocycles. The zero-order valence-corrected chi connectivity index (χ0v) is 30.7. The number of aromatic nitrogens is 3. The Balaban J connectivity index is 1.25. The van der Waals surface area contributed by atoms with Crippen LogP contribution in [0.15, 0.2) is 192 Å². The van der Waals surface area contributed by atoms with Gasteiger partial charge in [-0.3, -0.25) is 0 Å². The minimum Gasteiger partial charge on any atom is -0.309 e. The van der Waals surface area contributed by atoms with Crippen molar-refractivity contribution in [1.82, 2.24) is 13.7 Å². The third-order valence-corrected chi connectivity index (χ3v) is 12.9. The van der Waals surface area contributed by atoms with Crippen molar-refractivity contribution in [3.05, 3.63) is 188 Å². The molecule has 0 bridgehead atoms. The Bertz CT molecular complexity index is 3370. The minimum atomic E-state index is -3.95. The zero-order valence-electron chi connectivity index (χ0n) is 29.8. The van der Waals surface area contributed by atoms with Gasteiger partial charge in [-0.1, -0.05) is 84.9 Å². The fourth-order valence-electron chi connectivity index (χ4n) is 8.62. The van der Waals surface area contributed by atoms with Gasteiger partial charge >= 0.3 is 0 Å². The lowest BCUT2D eigenvalue weighted by Crippen LogP contribution is -2.05. The Morgan fingerprint density at radius 1 is 0.375 bits per heavy atom. The fraction of sp³-hybridized carbons (Fsp3) is 0. The fourth-order valence-corrected chi connectivity index (χ4v) is 10.0. The number of nitrogens with zero attached hydrogens (tertiary/aromatic N) is 4. The van der Waals surface area contributed by atoms with Gasteiger partial charge in [0.25, 0.3) is 0 Å². The van der Waals surface area contributed by atoms with Crippen LogP contribution in [0.4, 0.5) is 0 Å². The molecule has 0 spiro atoms. The first-order chi connectivity index (χ1) is 27.5. The van der Waals surface area contributed by atoms with Gasteiger partial charge in [-0.15, -0.1) is 0 Å². The van der Waals surface area contributed by atoms with Crippen LogP contribution in [-0.2, 0) is 9.84 Å². The largest absolute Gasteiger partial charge is 0.309 e. The molecule has 11 aromatic rings. The SMILES string of the molecule is N#Cc1ccccc1S(=O)(=O)c1ccc(-n2c3cc4c(cc3c3cc5c6ccccc6n(-c6ccccc6)c5cc32)c2ccccc2n4-c2ccccc2)cc1. The van der Waals surface area contributed by atoms with E-state index in [1.165, 1.54) is 22.9 Å². The van der Waals surface area contributed by atoms with Crippen LogP contribution in [0.3, 0.4) is 0 Å². The van der Waals surface area contributed by atoms with Gasteiger partial charge in [0.15, 0.2) is 0 Å². The number of hydrogen-bond donors (Lipinski definition) is 0. The van der Waals surface area contributed by atoms with E-state index in [0.29, 0.717) is 0 Å². The molecule has 3 aromatic heterocycles. The molecule has 11 rings (SSSR count). The minimum absolute atomic E-state index is 0.000575. The monoisotopic (exact) mass is 738 g/mol. The number of para-hydroxylation sites is 4. The summed E-state index contributed by atoms with van der Waals surface area (Å²) in [7, 11) is -3.95. The Kier molecular flexibility index (Phi) is 6.90. The van der Waals surface area contributed by atoms with Crippen LogP contribution in [0.5, 0.6) is 0 Å². The molecule has 0 saturated heterocycles. The van der Waals surface area contributed by atoms with Crippen LogP contribution in [0.1, 0.15) is 5.56 Å². The van der Waals surface area contributed by atoms with E-state index in [9.17, 15) is 13.7 Å². The molecule has 0 unspecified atom stereocenters. The molecule has 0 fully saturated rings. The van der Waals surface area contributed by atoms with Gasteiger partial charge in [0, 0.05) is 49.4 Å². The van der Waals surface area contributed by atoms with Gasteiger partial charge in [0.1, 0.15) is 6.07 Å². The Morgan fingerprint density at radius 3 is 1.27 bits per heavy atom. The van der Waals surface area contributed by atoms with Gasteiger partial charge in [0.05, 0.1) is 48.5 Å². The highest BCUT2D eigenvalue weighted by Gasteiger charge is 2.24. The molecule has 0 radical (unpaired) electrons. The molecule has 264 valence electrons. The first-order valence-corrected chi connectivity index (χ1v) is 19.9. The molecule has 0 atom stereocenters. The second-order valence-corrected chi connectivity index (χ2v) is 16.0. The summed E-state index contributed by atoms with van der Waals surface area (Å²) in [5, 5.41) is 16.5. The maximum atomic E-state index is 13.9. The van der Waals surface area contributed by atoms with Gasteiger partial charge in [-0.05, 0) is 97.1 Å². The highest BCUT2D eigenvalue weighted by Crippen LogP contribution is 2.43. The van der Waals surface area contributed by atoms with Crippen LogP contribution < -0.4 is 0 Å². The summed E-state index contributed by atoms with van der Waals surface area (Å²) >= 11 is 0. The lowest BCUT2D eigenvalue weighted by molar-refractivity contribution is 0.596. The number of benzene rings is 8. The van der Waals surface area contributed by atoms with Gasteiger partial charge in [0.2, 0.25) is 9.84 Å². The standard InChI is InChI=1S/C49H30N4O2S/c50-31-32-13-7-12-22-49(32)56(54,55)36-25-23-35(24-26-36)53-47-29-45-39(37-18-8-10-20-43(37)51(45)33-14-3-1-4-15-33)27-41(47)42-28-40-38-19-9-11-21-44(38)52(46(40)30-48(42)53)34-16-5-2-6-17-34/h1-30H. The third kappa shape index (κ3) is 4.57. The first-order valence-electron chi connectivity index (χ1n) is 18.4. The van der Waals surface area contributed by atoms with Crippen molar-refractivity contribution in [3.63, 3.8) is 0 Å². The summed E-state index contributed by atoms with van der Waals surface area (Å²) in [6.07, 6.45) is 0. The predicted octanol–water partition coefficient (Wildman–Crippen LogP) is 11.7. The average Bonchev–Trinajstić information content (AvgIpc) is 3.87. The number of nitriles is 1. The second kappa shape index (κ2) is 12.1. The van der Waals surface area contributed by atoms with E-state index >= 15 is 0 Å². The van der Waals surface area contributed by atoms with Crippen molar-refractivity contribution in [2.45, 2.75) is 9.79 Å². The van der Waals surface area contributed by atoms with Crippen LogP contribution in [0.25, 0.3) is 82.5 Å². The summed E-state index contributed by atoms with van der Waals surface area (Å²) in [6.45, 7) is 0. The molecular formula is C49H30N4O2S. The second-order valence-electron chi connectivity index (χ2n) is 14.1. The predicted molar refractivity (Wildman–Crippen MR) is 226 cm³/mol. The molecule has 0 saturated carbocycles. The van der Waals surface area contributed by atoms with Crippen LogP contribution in [0.2, 0.25) is 0 Å². The van der Waals surface area contributed by atoms with Crippen molar-refractivity contribution < 1.29 is 8.42 Å². The highest BCUT2D eigenvalue weighted by atomic mass is 32.2. The van der Waals surface area contributed by atoms with Crippen LogP contribution >= 0.6 is 0 Å². The first kappa shape index (κ1) is 32.1. The smallest absolute Gasteiger partial charge is 0.207 e. The topological polar surface area (TPSA) is 72.7 Å². The normalized spacial score (nSPS) is 12.1. The van der Waals surface area contributed by atoms with Gasteiger partial charge < -0.3 is 13.7 Å². The van der Waals surface area contributed by atoms with Crippen LogP contribution in [-0.4, -0.2) is 22.1 Å². The van der Waals surface area contributed by atoms with E-state index in [1.54, 1.807) is 24.3 Å². The van der Waals surface area contributed by atoms with Crippen LogP contribution in [0, 0.1) is 11.3 Å². The summed E-state index contributed by atoms with van der Waals surface area (Å²) < 4.78 is 34.7. The van der Waals surface area contributed by atoms with E-state index in [0.717, 1.165) is 71.7 Å². The maximum absolute atomic E-state index is 13.9. The molecule has 0 amide bonds. The molecule has 7 heteroatoms. The molecule has 56 heavy (non-hydrogen) atoms. The Labute approximate surface area is 321 Å².